The quantitative estimate of drug-likeness (QED) is 0.590. The second-order valence-electron chi connectivity index (χ2n) is 6.97. The van der Waals surface area contributed by atoms with Crippen LogP contribution in [0, 0.1) is 0 Å². The highest BCUT2D eigenvalue weighted by molar-refractivity contribution is 9.10. The van der Waals surface area contributed by atoms with Crippen LogP contribution in [0.5, 0.6) is 0 Å². The van der Waals surface area contributed by atoms with Gasteiger partial charge in [-0.15, -0.1) is 11.8 Å². The summed E-state index contributed by atoms with van der Waals surface area (Å²) < 4.78 is 1.04. The van der Waals surface area contributed by atoms with Crippen LogP contribution in [-0.2, 0) is 21.9 Å². The molecule has 0 aliphatic rings. The summed E-state index contributed by atoms with van der Waals surface area (Å²) in [6, 6.07) is 17.4. The summed E-state index contributed by atoms with van der Waals surface area (Å²) in [4.78, 5) is 27.1. The van der Waals surface area contributed by atoms with Crippen molar-refractivity contribution in [3.05, 3.63) is 70.2 Å². The van der Waals surface area contributed by atoms with Crippen molar-refractivity contribution in [2.24, 2.45) is 0 Å². The molecule has 2 rings (SSSR count). The summed E-state index contributed by atoms with van der Waals surface area (Å²) in [5.74, 6) is 0.932. The molecule has 0 saturated carbocycles. The predicted octanol–water partition coefficient (Wildman–Crippen LogP) is 4.62. The number of halogens is 1. The van der Waals surface area contributed by atoms with Gasteiger partial charge in [0.15, 0.2) is 0 Å². The molecule has 1 atom stereocenters. The standard InChI is InChI=1S/C22H27BrN2O2S/c1-16(2)24-22(27)17(3)25(13-18-7-5-4-6-8-18)21(26)15-28-14-19-9-11-20(23)12-10-19/h4-12,16-17H,13-15H2,1-3H3,(H,24,27). The summed E-state index contributed by atoms with van der Waals surface area (Å²) in [7, 11) is 0. The third-order valence-electron chi connectivity index (χ3n) is 4.20. The van der Waals surface area contributed by atoms with E-state index in [0.717, 1.165) is 15.8 Å². The number of nitrogens with one attached hydrogen (secondary N) is 1. The second kappa shape index (κ2) is 11.3. The van der Waals surface area contributed by atoms with Gasteiger partial charge in [-0.05, 0) is 44.0 Å². The first-order valence-corrected chi connectivity index (χ1v) is 11.3. The minimum absolute atomic E-state index is 0.0302. The first kappa shape index (κ1) is 22.5. The number of thioether (sulfide) groups is 1. The number of carbonyl (C=O) groups is 2. The van der Waals surface area contributed by atoms with Crippen molar-refractivity contribution in [2.45, 2.75) is 45.2 Å². The Morgan fingerprint density at radius 2 is 1.64 bits per heavy atom. The van der Waals surface area contributed by atoms with Crippen molar-refractivity contribution in [3.63, 3.8) is 0 Å². The lowest BCUT2D eigenvalue weighted by molar-refractivity contribution is -0.138. The van der Waals surface area contributed by atoms with Crippen LogP contribution >= 0.6 is 27.7 Å². The summed E-state index contributed by atoms with van der Waals surface area (Å²) >= 11 is 4.99. The summed E-state index contributed by atoms with van der Waals surface area (Å²) in [5, 5.41) is 2.91. The number of nitrogens with zero attached hydrogens (tertiary/aromatic N) is 1. The van der Waals surface area contributed by atoms with Crippen molar-refractivity contribution in [1.29, 1.82) is 0 Å². The highest BCUT2D eigenvalue weighted by Gasteiger charge is 2.26. The molecule has 0 radical (unpaired) electrons. The molecule has 150 valence electrons. The zero-order valence-corrected chi connectivity index (χ0v) is 18.9. The molecule has 2 aromatic rings. The van der Waals surface area contributed by atoms with E-state index in [1.807, 2.05) is 68.4 Å². The topological polar surface area (TPSA) is 49.4 Å². The molecule has 2 aromatic carbocycles. The fourth-order valence-electron chi connectivity index (χ4n) is 2.69. The second-order valence-corrected chi connectivity index (χ2v) is 8.87. The lowest BCUT2D eigenvalue weighted by atomic mass is 10.1. The lowest BCUT2D eigenvalue weighted by Gasteiger charge is -2.29. The lowest BCUT2D eigenvalue weighted by Crippen LogP contribution is -2.49. The van der Waals surface area contributed by atoms with Crippen molar-refractivity contribution < 1.29 is 9.59 Å². The SMILES string of the molecule is CC(C)NC(=O)C(C)N(Cc1ccccc1)C(=O)CSCc1ccc(Br)cc1. The zero-order valence-electron chi connectivity index (χ0n) is 16.5. The van der Waals surface area contributed by atoms with Gasteiger partial charge in [-0.2, -0.15) is 0 Å². The van der Waals surface area contributed by atoms with Crippen molar-refractivity contribution in [3.8, 4) is 0 Å². The van der Waals surface area contributed by atoms with Gasteiger partial charge in [0.1, 0.15) is 6.04 Å². The van der Waals surface area contributed by atoms with Crippen LogP contribution in [0.25, 0.3) is 0 Å². The average molecular weight is 463 g/mol. The summed E-state index contributed by atoms with van der Waals surface area (Å²) in [6.07, 6.45) is 0. The highest BCUT2D eigenvalue weighted by Crippen LogP contribution is 2.18. The van der Waals surface area contributed by atoms with Crippen LogP contribution in [0.3, 0.4) is 0 Å². The molecule has 0 aliphatic heterocycles. The maximum Gasteiger partial charge on any atom is 0.242 e. The van der Waals surface area contributed by atoms with Crippen molar-refractivity contribution >= 4 is 39.5 Å². The van der Waals surface area contributed by atoms with Crippen LogP contribution in [0.2, 0.25) is 0 Å². The maximum absolute atomic E-state index is 12.9. The fourth-order valence-corrected chi connectivity index (χ4v) is 3.82. The van der Waals surface area contributed by atoms with Gasteiger partial charge in [-0.3, -0.25) is 9.59 Å². The molecule has 0 fully saturated rings. The third-order valence-corrected chi connectivity index (χ3v) is 5.72. The van der Waals surface area contributed by atoms with E-state index in [9.17, 15) is 9.59 Å². The van der Waals surface area contributed by atoms with Gasteiger partial charge >= 0.3 is 0 Å². The smallest absolute Gasteiger partial charge is 0.242 e. The van der Waals surface area contributed by atoms with Gasteiger partial charge in [0, 0.05) is 22.8 Å². The Labute approximate surface area is 180 Å². The molecule has 1 N–H and O–H groups in total. The van der Waals surface area contributed by atoms with Gasteiger partial charge in [-0.25, -0.2) is 0 Å². The molecule has 6 heteroatoms. The molecule has 0 saturated heterocycles. The van der Waals surface area contributed by atoms with Crippen LogP contribution in [0.1, 0.15) is 31.9 Å². The van der Waals surface area contributed by atoms with Crippen LogP contribution in [0.15, 0.2) is 59.1 Å². The van der Waals surface area contributed by atoms with Gasteiger partial charge < -0.3 is 10.2 Å². The molecule has 0 heterocycles. The number of rotatable bonds is 9. The molecule has 0 aliphatic carbocycles. The molecule has 28 heavy (non-hydrogen) atoms. The summed E-state index contributed by atoms with van der Waals surface area (Å²) in [5.41, 5.74) is 2.18. The van der Waals surface area contributed by atoms with Gasteiger partial charge in [-0.1, -0.05) is 58.4 Å². The Bertz CT molecular complexity index is 766. The van der Waals surface area contributed by atoms with E-state index in [-0.39, 0.29) is 17.9 Å². The maximum atomic E-state index is 12.9. The zero-order chi connectivity index (χ0) is 20.5. The van der Waals surface area contributed by atoms with Gasteiger partial charge in [0.25, 0.3) is 0 Å². The Morgan fingerprint density at radius 1 is 1.00 bits per heavy atom. The molecular weight excluding hydrogens is 436 g/mol. The van der Waals surface area contributed by atoms with Gasteiger partial charge in [0.05, 0.1) is 5.75 Å². The normalized spacial score (nSPS) is 11.9. The first-order chi connectivity index (χ1) is 13.4. The van der Waals surface area contributed by atoms with E-state index < -0.39 is 6.04 Å². The van der Waals surface area contributed by atoms with Gasteiger partial charge in [0.2, 0.25) is 11.8 Å². The largest absolute Gasteiger partial charge is 0.352 e. The Kier molecular flexibility index (Phi) is 9.06. The van der Waals surface area contributed by atoms with E-state index in [1.54, 1.807) is 23.6 Å². The molecule has 0 spiro atoms. The molecule has 0 aromatic heterocycles. The molecule has 2 amide bonds. The Balaban J connectivity index is 2.02. The fraction of sp³-hybridized carbons (Fsp3) is 0.364. The molecule has 0 bridgehead atoms. The number of benzene rings is 2. The average Bonchev–Trinajstić information content (AvgIpc) is 2.67. The van der Waals surface area contributed by atoms with E-state index in [0.29, 0.717) is 12.3 Å². The number of amides is 2. The minimum Gasteiger partial charge on any atom is -0.352 e. The molecular formula is C22H27BrN2O2S. The Morgan fingerprint density at radius 3 is 2.25 bits per heavy atom. The molecule has 1 unspecified atom stereocenters. The monoisotopic (exact) mass is 462 g/mol. The number of carbonyl (C=O) groups excluding carboxylic acids is 2. The molecule has 4 nitrogen and oxygen atoms in total. The number of hydrogen-bond donors (Lipinski definition) is 1. The predicted molar refractivity (Wildman–Crippen MR) is 120 cm³/mol. The van der Waals surface area contributed by atoms with Crippen LogP contribution in [0.4, 0.5) is 0 Å². The van der Waals surface area contributed by atoms with E-state index in [2.05, 4.69) is 21.2 Å². The van der Waals surface area contributed by atoms with Crippen LogP contribution < -0.4 is 5.32 Å². The van der Waals surface area contributed by atoms with E-state index in [1.165, 1.54) is 5.56 Å². The van der Waals surface area contributed by atoms with Crippen molar-refractivity contribution in [2.75, 3.05) is 5.75 Å². The summed E-state index contributed by atoms with van der Waals surface area (Å²) in [6.45, 7) is 6.05. The first-order valence-electron chi connectivity index (χ1n) is 9.32. The van der Waals surface area contributed by atoms with Crippen molar-refractivity contribution in [1.82, 2.24) is 10.2 Å². The van der Waals surface area contributed by atoms with Crippen LogP contribution in [-0.4, -0.2) is 34.6 Å². The highest BCUT2D eigenvalue weighted by atomic mass is 79.9. The van der Waals surface area contributed by atoms with E-state index >= 15 is 0 Å². The number of hydrogen-bond acceptors (Lipinski definition) is 3. The van der Waals surface area contributed by atoms with E-state index in [4.69, 9.17) is 0 Å². The minimum atomic E-state index is -0.525. The Hall–Kier alpha value is -1.79. The third kappa shape index (κ3) is 7.32.